The molecule has 0 amide bonds. The van der Waals surface area contributed by atoms with Gasteiger partial charge in [-0.15, -0.1) is 0 Å². The first-order valence-electron chi connectivity index (χ1n) is 10.0. The van der Waals surface area contributed by atoms with Gasteiger partial charge in [0.05, 0.1) is 0 Å². The lowest BCUT2D eigenvalue weighted by Crippen LogP contribution is -2.03. The van der Waals surface area contributed by atoms with Crippen LogP contribution in [0.4, 0.5) is 0 Å². The van der Waals surface area contributed by atoms with Crippen molar-refractivity contribution < 1.29 is 15.0 Å². The van der Waals surface area contributed by atoms with Crippen molar-refractivity contribution in [2.45, 2.75) is 110 Å². The van der Waals surface area contributed by atoms with Gasteiger partial charge in [0.15, 0.2) is 0 Å². The molecule has 0 aromatic rings. The Bertz CT molecular complexity index is 253. The quantitative estimate of drug-likeness (QED) is 0.306. The maximum atomic E-state index is 10.4. The van der Waals surface area contributed by atoms with E-state index in [2.05, 4.69) is 6.92 Å². The summed E-state index contributed by atoms with van der Waals surface area (Å²) in [7, 11) is 0. The third-order valence-corrected chi connectivity index (χ3v) is 4.76. The van der Waals surface area contributed by atoms with Gasteiger partial charge in [0.2, 0.25) is 0 Å². The fourth-order valence-electron chi connectivity index (χ4n) is 3.25. The largest absolute Gasteiger partial charge is 0.481 e. The highest BCUT2D eigenvalue weighted by atomic mass is 16.4. The Morgan fingerprint density at radius 1 is 0.739 bits per heavy atom. The highest BCUT2D eigenvalue weighted by molar-refractivity contribution is 5.66. The van der Waals surface area contributed by atoms with Gasteiger partial charge < -0.3 is 10.2 Å². The molecule has 3 heteroatoms. The molecule has 0 heterocycles. The van der Waals surface area contributed by atoms with Crippen LogP contribution in [0.25, 0.3) is 0 Å². The molecule has 0 aromatic heterocycles. The molecule has 0 aliphatic heterocycles. The van der Waals surface area contributed by atoms with Crippen LogP contribution < -0.4 is 0 Å². The summed E-state index contributed by atoms with van der Waals surface area (Å²) in [6.45, 7) is 2.59. The fraction of sp³-hybridized carbons (Fsp3) is 0.950. The number of carboxylic acids is 1. The molecule has 23 heavy (non-hydrogen) atoms. The summed E-state index contributed by atoms with van der Waals surface area (Å²) in [6, 6.07) is 0. The molecule has 2 N–H and O–H groups in total. The fourth-order valence-corrected chi connectivity index (χ4v) is 3.25. The van der Waals surface area contributed by atoms with E-state index in [1.165, 1.54) is 77.0 Å². The molecule has 0 aliphatic carbocycles. The van der Waals surface area contributed by atoms with E-state index in [-0.39, 0.29) is 0 Å². The molecule has 1 atom stereocenters. The molecular weight excluding hydrogens is 288 g/mol. The zero-order valence-electron chi connectivity index (χ0n) is 15.4. The number of unbranched alkanes of at least 4 members (excludes halogenated alkanes) is 10. The zero-order chi connectivity index (χ0) is 17.2. The second kappa shape index (κ2) is 17.8. The van der Waals surface area contributed by atoms with Crippen LogP contribution in [0.1, 0.15) is 110 Å². The van der Waals surface area contributed by atoms with Gasteiger partial charge in [0, 0.05) is 13.0 Å². The van der Waals surface area contributed by atoms with Gasteiger partial charge >= 0.3 is 5.97 Å². The SMILES string of the molecule is CCCCCCC(CCO)CCCCCCCCCCC(=O)O. The third kappa shape index (κ3) is 17.6. The summed E-state index contributed by atoms with van der Waals surface area (Å²) in [6.07, 6.45) is 18.7. The first-order chi connectivity index (χ1) is 11.2. The number of aliphatic hydroxyl groups excluding tert-OH is 1. The van der Waals surface area contributed by atoms with Crippen molar-refractivity contribution in [2.75, 3.05) is 6.61 Å². The number of carboxylic acid groups (broad SMARTS) is 1. The minimum atomic E-state index is -0.669. The first-order valence-corrected chi connectivity index (χ1v) is 10.0. The van der Waals surface area contributed by atoms with Crippen molar-refractivity contribution in [1.29, 1.82) is 0 Å². The van der Waals surface area contributed by atoms with Crippen molar-refractivity contribution in [3.05, 3.63) is 0 Å². The summed E-state index contributed by atoms with van der Waals surface area (Å²) in [5, 5.41) is 17.7. The molecule has 0 bridgehead atoms. The summed E-state index contributed by atoms with van der Waals surface area (Å²) in [5.74, 6) is 0.0602. The van der Waals surface area contributed by atoms with Gasteiger partial charge in [-0.1, -0.05) is 90.4 Å². The van der Waals surface area contributed by atoms with Crippen LogP contribution in [0.15, 0.2) is 0 Å². The molecule has 0 fully saturated rings. The molecule has 1 unspecified atom stereocenters. The van der Waals surface area contributed by atoms with E-state index in [0.717, 1.165) is 25.2 Å². The number of carbonyl (C=O) groups is 1. The second-order valence-electron chi connectivity index (χ2n) is 6.99. The molecule has 0 radical (unpaired) electrons. The third-order valence-electron chi connectivity index (χ3n) is 4.76. The molecule has 0 aromatic carbocycles. The van der Waals surface area contributed by atoms with E-state index < -0.39 is 5.97 Å². The average Bonchev–Trinajstić information content (AvgIpc) is 2.52. The number of aliphatic hydroxyl groups is 1. The van der Waals surface area contributed by atoms with Crippen LogP contribution in [0, 0.1) is 5.92 Å². The normalized spacial score (nSPS) is 12.4. The molecule has 0 saturated carbocycles. The highest BCUT2D eigenvalue weighted by Crippen LogP contribution is 2.21. The van der Waals surface area contributed by atoms with E-state index in [4.69, 9.17) is 5.11 Å². The van der Waals surface area contributed by atoms with Crippen LogP contribution in [0.5, 0.6) is 0 Å². The Labute approximate surface area is 143 Å². The second-order valence-corrected chi connectivity index (χ2v) is 6.99. The van der Waals surface area contributed by atoms with Crippen molar-refractivity contribution in [1.82, 2.24) is 0 Å². The first kappa shape index (κ1) is 22.4. The summed E-state index contributed by atoms with van der Waals surface area (Å²) < 4.78 is 0. The molecule has 0 saturated heterocycles. The Hall–Kier alpha value is -0.570. The summed E-state index contributed by atoms with van der Waals surface area (Å²) in [5.41, 5.74) is 0. The monoisotopic (exact) mass is 328 g/mol. The molecule has 0 aliphatic rings. The number of hydrogen-bond acceptors (Lipinski definition) is 2. The Morgan fingerprint density at radius 2 is 1.22 bits per heavy atom. The van der Waals surface area contributed by atoms with Crippen LogP contribution in [-0.2, 0) is 4.79 Å². The molecule has 0 spiro atoms. The average molecular weight is 329 g/mol. The summed E-state index contributed by atoms with van der Waals surface area (Å²) in [4.78, 5) is 10.4. The number of rotatable bonds is 18. The minimum Gasteiger partial charge on any atom is -0.481 e. The van der Waals surface area contributed by atoms with Crippen LogP contribution >= 0.6 is 0 Å². The predicted octanol–water partition coefficient (Wildman–Crippen LogP) is 5.94. The Morgan fingerprint density at radius 3 is 1.70 bits per heavy atom. The van der Waals surface area contributed by atoms with Crippen molar-refractivity contribution >= 4 is 5.97 Å². The zero-order valence-corrected chi connectivity index (χ0v) is 15.4. The van der Waals surface area contributed by atoms with Crippen molar-refractivity contribution in [2.24, 2.45) is 5.92 Å². The van der Waals surface area contributed by atoms with E-state index >= 15 is 0 Å². The lowest BCUT2D eigenvalue weighted by Gasteiger charge is -2.15. The summed E-state index contributed by atoms with van der Waals surface area (Å²) >= 11 is 0. The van der Waals surface area contributed by atoms with E-state index in [0.29, 0.717) is 13.0 Å². The molecular formula is C20H40O3. The lowest BCUT2D eigenvalue weighted by atomic mass is 9.92. The van der Waals surface area contributed by atoms with Gasteiger partial charge in [-0.05, 0) is 18.8 Å². The topological polar surface area (TPSA) is 57.5 Å². The van der Waals surface area contributed by atoms with Crippen LogP contribution in [0.2, 0.25) is 0 Å². The van der Waals surface area contributed by atoms with Gasteiger partial charge in [0.1, 0.15) is 0 Å². The van der Waals surface area contributed by atoms with Crippen molar-refractivity contribution in [3.8, 4) is 0 Å². The maximum absolute atomic E-state index is 10.4. The lowest BCUT2D eigenvalue weighted by molar-refractivity contribution is -0.137. The van der Waals surface area contributed by atoms with E-state index in [1.807, 2.05) is 0 Å². The molecule has 138 valence electrons. The molecule has 0 rings (SSSR count). The van der Waals surface area contributed by atoms with Gasteiger partial charge in [-0.3, -0.25) is 4.79 Å². The standard InChI is InChI=1S/C20H40O3/c1-2-3-4-11-14-19(17-18-21)15-12-9-7-5-6-8-10-13-16-20(22)23/h19,21H,2-18H2,1H3,(H,22,23). The smallest absolute Gasteiger partial charge is 0.303 e. The van der Waals surface area contributed by atoms with Gasteiger partial charge in [-0.2, -0.15) is 0 Å². The van der Waals surface area contributed by atoms with Gasteiger partial charge in [-0.25, -0.2) is 0 Å². The number of aliphatic carboxylic acids is 1. The predicted molar refractivity (Wildman–Crippen MR) is 97.8 cm³/mol. The van der Waals surface area contributed by atoms with E-state index in [9.17, 15) is 9.90 Å². The Balaban J connectivity index is 3.39. The Kier molecular flexibility index (Phi) is 17.3. The minimum absolute atomic E-state index is 0.324. The van der Waals surface area contributed by atoms with Crippen LogP contribution in [-0.4, -0.2) is 22.8 Å². The maximum Gasteiger partial charge on any atom is 0.303 e. The van der Waals surface area contributed by atoms with E-state index in [1.54, 1.807) is 0 Å². The molecule has 3 nitrogen and oxygen atoms in total. The van der Waals surface area contributed by atoms with Crippen molar-refractivity contribution in [3.63, 3.8) is 0 Å². The number of hydrogen-bond donors (Lipinski definition) is 2. The van der Waals surface area contributed by atoms with Gasteiger partial charge in [0.25, 0.3) is 0 Å². The van der Waals surface area contributed by atoms with Crippen LogP contribution in [0.3, 0.4) is 0 Å². The highest BCUT2D eigenvalue weighted by Gasteiger charge is 2.07.